The van der Waals surface area contributed by atoms with Crippen molar-refractivity contribution in [3.05, 3.63) is 65.2 Å². The van der Waals surface area contributed by atoms with Crippen molar-refractivity contribution in [3.63, 3.8) is 0 Å². The fraction of sp³-hybridized carbons (Fsp3) is 0.348. The van der Waals surface area contributed by atoms with Crippen LogP contribution in [0.25, 0.3) is 17.2 Å². The summed E-state index contributed by atoms with van der Waals surface area (Å²) < 4.78 is 5.50. The molecule has 0 atom stereocenters. The number of fused-ring (bicyclic) bond motifs is 1. The van der Waals surface area contributed by atoms with Crippen molar-refractivity contribution < 1.29 is 9.53 Å². The molecule has 1 amide bonds. The third-order valence-electron chi connectivity index (χ3n) is 4.71. The third kappa shape index (κ3) is 3.82. The van der Waals surface area contributed by atoms with Crippen molar-refractivity contribution in [3.8, 4) is 11.1 Å². The van der Waals surface area contributed by atoms with Gasteiger partial charge in [-0.3, -0.25) is 0 Å². The predicted octanol–water partition coefficient (Wildman–Crippen LogP) is 5.60. The van der Waals surface area contributed by atoms with Crippen LogP contribution in [0.4, 0.5) is 4.79 Å². The molecule has 3 rings (SSSR count). The van der Waals surface area contributed by atoms with Crippen molar-refractivity contribution in [2.75, 3.05) is 6.54 Å². The smallest absolute Gasteiger partial charge is 0.410 e. The average Bonchev–Trinajstić information content (AvgIpc) is 2.59. The van der Waals surface area contributed by atoms with Gasteiger partial charge in [-0.15, -0.1) is 0 Å². The van der Waals surface area contributed by atoms with Crippen LogP contribution in [0.3, 0.4) is 0 Å². The number of carbonyl (C=O) groups excluding carboxylic acids is 1. The van der Waals surface area contributed by atoms with Gasteiger partial charge < -0.3 is 9.64 Å². The van der Waals surface area contributed by atoms with Crippen LogP contribution in [0.5, 0.6) is 0 Å². The Kier molecular flexibility index (Phi) is 4.90. The molecule has 0 unspecified atom stereocenters. The Balaban J connectivity index is 1.85. The predicted molar refractivity (Wildman–Crippen MR) is 107 cm³/mol. The number of rotatable bonds is 2. The lowest BCUT2D eigenvalue weighted by Gasteiger charge is -2.31. The zero-order valence-electron chi connectivity index (χ0n) is 16.1. The molecule has 0 bridgehead atoms. The summed E-state index contributed by atoms with van der Waals surface area (Å²) in [4.78, 5) is 14.1. The SMILES string of the molecule is C=Cc1c(C)cccc1-c1ccc2c(c1)CCN(C(=O)OC(C)(C)C)C2. The summed E-state index contributed by atoms with van der Waals surface area (Å²) in [6, 6.07) is 12.9. The second-order valence-electron chi connectivity index (χ2n) is 7.88. The minimum atomic E-state index is -0.465. The van der Waals surface area contributed by atoms with Crippen LogP contribution in [0, 0.1) is 6.92 Å². The van der Waals surface area contributed by atoms with E-state index in [4.69, 9.17) is 4.74 Å². The minimum Gasteiger partial charge on any atom is -0.444 e. The van der Waals surface area contributed by atoms with Crippen molar-refractivity contribution >= 4 is 12.2 Å². The van der Waals surface area contributed by atoms with E-state index < -0.39 is 5.60 Å². The normalized spacial score (nSPS) is 13.9. The molecule has 136 valence electrons. The number of amides is 1. The maximum atomic E-state index is 12.3. The standard InChI is InChI=1S/C23H27NO2/c1-6-20-16(2)8-7-9-21(20)18-10-11-19-15-24(13-12-17(19)14-18)22(25)26-23(3,4)5/h6-11,14H,1,12-13,15H2,2-5H3. The third-order valence-corrected chi connectivity index (χ3v) is 4.71. The highest BCUT2D eigenvalue weighted by molar-refractivity contribution is 5.77. The Morgan fingerprint density at radius 3 is 2.65 bits per heavy atom. The maximum Gasteiger partial charge on any atom is 0.410 e. The van der Waals surface area contributed by atoms with E-state index in [9.17, 15) is 4.79 Å². The summed E-state index contributed by atoms with van der Waals surface area (Å²) in [7, 11) is 0. The molecule has 2 aromatic carbocycles. The molecule has 0 saturated heterocycles. The number of hydrogen-bond acceptors (Lipinski definition) is 2. The highest BCUT2D eigenvalue weighted by Gasteiger charge is 2.25. The van der Waals surface area contributed by atoms with E-state index in [0.717, 1.165) is 6.42 Å². The van der Waals surface area contributed by atoms with Gasteiger partial charge in [0, 0.05) is 13.1 Å². The van der Waals surface area contributed by atoms with Gasteiger partial charge in [-0.2, -0.15) is 0 Å². The van der Waals surface area contributed by atoms with Gasteiger partial charge in [0.25, 0.3) is 0 Å². The lowest BCUT2D eigenvalue weighted by molar-refractivity contribution is 0.0224. The molecule has 1 aliphatic rings. The summed E-state index contributed by atoms with van der Waals surface area (Å²) in [5, 5.41) is 0. The van der Waals surface area contributed by atoms with Crippen LogP contribution in [0.1, 0.15) is 43.0 Å². The number of ether oxygens (including phenoxy) is 1. The van der Waals surface area contributed by atoms with E-state index >= 15 is 0 Å². The molecule has 3 heteroatoms. The van der Waals surface area contributed by atoms with Gasteiger partial charge in [0.2, 0.25) is 0 Å². The topological polar surface area (TPSA) is 29.5 Å². The molecule has 0 N–H and O–H groups in total. The Morgan fingerprint density at radius 2 is 1.96 bits per heavy atom. The Labute approximate surface area is 156 Å². The van der Waals surface area contributed by atoms with E-state index in [1.165, 1.54) is 33.4 Å². The van der Waals surface area contributed by atoms with Crippen LogP contribution in [0.2, 0.25) is 0 Å². The Morgan fingerprint density at radius 1 is 1.19 bits per heavy atom. The second kappa shape index (κ2) is 6.99. The largest absolute Gasteiger partial charge is 0.444 e. The number of nitrogens with zero attached hydrogens (tertiary/aromatic N) is 1. The van der Waals surface area contributed by atoms with E-state index in [2.05, 4.69) is 49.9 Å². The van der Waals surface area contributed by atoms with Gasteiger partial charge in [0.1, 0.15) is 5.60 Å². The quantitative estimate of drug-likeness (QED) is 0.706. The molecule has 0 saturated carbocycles. The first-order valence-electron chi connectivity index (χ1n) is 9.10. The number of aryl methyl sites for hydroxylation is 1. The van der Waals surface area contributed by atoms with E-state index in [0.29, 0.717) is 13.1 Å². The summed E-state index contributed by atoms with van der Waals surface area (Å²) in [5.41, 5.74) is 6.85. The minimum absolute atomic E-state index is 0.236. The van der Waals surface area contributed by atoms with Gasteiger partial charge in [-0.25, -0.2) is 4.79 Å². The molecule has 0 radical (unpaired) electrons. The lowest BCUT2D eigenvalue weighted by Crippen LogP contribution is -2.39. The lowest BCUT2D eigenvalue weighted by atomic mass is 9.91. The molecule has 26 heavy (non-hydrogen) atoms. The summed E-state index contributed by atoms with van der Waals surface area (Å²) in [6.45, 7) is 13.1. The molecule has 0 aliphatic carbocycles. The number of carbonyl (C=O) groups is 1. The highest BCUT2D eigenvalue weighted by atomic mass is 16.6. The van der Waals surface area contributed by atoms with Gasteiger partial charge in [0.05, 0.1) is 0 Å². The molecular weight excluding hydrogens is 322 g/mol. The van der Waals surface area contributed by atoms with Gasteiger partial charge >= 0.3 is 6.09 Å². The zero-order chi connectivity index (χ0) is 18.9. The second-order valence-corrected chi connectivity index (χ2v) is 7.88. The molecule has 1 heterocycles. The van der Waals surface area contributed by atoms with Gasteiger partial charge in [-0.1, -0.05) is 49.1 Å². The van der Waals surface area contributed by atoms with Crippen molar-refractivity contribution in [2.45, 2.75) is 46.3 Å². The van der Waals surface area contributed by atoms with Crippen molar-refractivity contribution in [1.82, 2.24) is 4.90 Å². The molecule has 1 aliphatic heterocycles. The van der Waals surface area contributed by atoms with Crippen LogP contribution < -0.4 is 0 Å². The van der Waals surface area contributed by atoms with Crippen LogP contribution in [0.15, 0.2) is 43.0 Å². The van der Waals surface area contributed by atoms with E-state index in [1.54, 1.807) is 4.90 Å². The number of benzene rings is 2. The zero-order valence-corrected chi connectivity index (χ0v) is 16.1. The fourth-order valence-electron chi connectivity index (χ4n) is 3.41. The summed E-state index contributed by atoms with van der Waals surface area (Å²) in [5.74, 6) is 0. The van der Waals surface area contributed by atoms with Crippen molar-refractivity contribution in [2.24, 2.45) is 0 Å². The number of hydrogen-bond donors (Lipinski definition) is 0. The molecular formula is C23H27NO2. The molecule has 3 nitrogen and oxygen atoms in total. The van der Waals surface area contributed by atoms with Crippen molar-refractivity contribution in [1.29, 1.82) is 0 Å². The molecule has 2 aromatic rings. The molecule has 0 fully saturated rings. The van der Waals surface area contributed by atoms with E-state index in [1.807, 2.05) is 26.8 Å². The average molecular weight is 349 g/mol. The first kappa shape index (κ1) is 18.2. The summed E-state index contributed by atoms with van der Waals surface area (Å²) in [6.07, 6.45) is 2.53. The first-order chi connectivity index (χ1) is 12.3. The fourth-order valence-corrected chi connectivity index (χ4v) is 3.41. The van der Waals surface area contributed by atoms with E-state index in [-0.39, 0.29) is 6.09 Å². The maximum absolute atomic E-state index is 12.3. The molecule has 0 spiro atoms. The highest BCUT2D eigenvalue weighted by Crippen LogP contribution is 2.31. The monoisotopic (exact) mass is 349 g/mol. The van der Waals surface area contributed by atoms with Crippen LogP contribution in [-0.2, 0) is 17.7 Å². The summed E-state index contributed by atoms with van der Waals surface area (Å²) >= 11 is 0. The van der Waals surface area contributed by atoms with Crippen LogP contribution in [-0.4, -0.2) is 23.1 Å². The van der Waals surface area contributed by atoms with Gasteiger partial charge in [-0.05, 0) is 67.5 Å². The van der Waals surface area contributed by atoms with Crippen LogP contribution >= 0.6 is 0 Å². The van der Waals surface area contributed by atoms with Gasteiger partial charge in [0.15, 0.2) is 0 Å². The Hall–Kier alpha value is -2.55. The Bertz CT molecular complexity index is 846. The first-order valence-corrected chi connectivity index (χ1v) is 9.10. The molecule has 0 aromatic heterocycles.